The number of rotatable bonds is 4. The van der Waals surface area contributed by atoms with E-state index in [-0.39, 0.29) is 5.02 Å². The van der Waals surface area contributed by atoms with E-state index in [0.717, 1.165) is 12.1 Å². The van der Waals surface area contributed by atoms with Gasteiger partial charge in [0.15, 0.2) is 5.92 Å². The summed E-state index contributed by atoms with van der Waals surface area (Å²) in [4.78, 5) is 31.3. The zero-order valence-corrected chi connectivity index (χ0v) is 8.92. The van der Waals surface area contributed by atoms with Gasteiger partial charge in [-0.25, -0.2) is 0 Å². The Labute approximate surface area is 99.4 Å². The van der Waals surface area contributed by atoms with Crippen molar-refractivity contribution in [3.8, 4) is 0 Å². The predicted molar refractivity (Wildman–Crippen MR) is 56.1 cm³/mol. The van der Waals surface area contributed by atoms with Crippen molar-refractivity contribution in [1.29, 1.82) is 0 Å². The summed E-state index contributed by atoms with van der Waals surface area (Å²) < 4.78 is 0. The number of aliphatic carboxylic acids is 2. The summed E-state index contributed by atoms with van der Waals surface area (Å²) >= 11 is 5.53. The minimum atomic E-state index is -1.99. The Morgan fingerprint density at radius 3 is 2.24 bits per heavy atom. The van der Waals surface area contributed by atoms with Crippen molar-refractivity contribution < 1.29 is 24.7 Å². The van der Waals surface area contributed by atoms with E-state index in [1.54, 1.807) is 0 Å². The number of benzene rings is 1. The molecule has 90 valence electrons. The molecular weight excluding hydrogens is 254 g/mol. The highest BCUT2D eigenvalue weighted by Gasteiger charge is 2.34. The number of carboxylic acids is 2. The summed E-state index contributed by atoms with van der Waals surface area (Å²) in [5, 5.41) is 28.2. The van der Waals surface area contributed by atoms with Gasteiger partial charge in [0, 0.05) is 11.1 Å². The Hall–Kier alpha value is -2.15. The van der Waals surface area contributed by atoms with Crippen LogP contribution in [0.3, 0.4) is 0 Å². The third kappa shape index (κ3) is 2.70. The summed E-state index contributed by atoms with van der Waals surface area (Å²) in [5.74, 6) is -5.35. The van der Waals surface area contributed by atoms with Gasteiger partial charge in [-0.05, 0) is 12.1 Å². The molecule has 0 aliphatic heterocycles. The van der Waals surface area contributed by atoms with E-state index in [9.17, 15) is 19.7 Å². The Kier molecular flexibility index (Phi) is 3.64. The molecule has 0 unspecified atom stereocenters. The molecule has 0 aliphatic rings. The van der Waals surface area contributed by atoms with Crippen LogP contribution in [0.2, 0.25) is 5.02 Å². The van der Waals surface area contributed by atoms with Crippen LogP contribution < -0.4 is 0 Å². The number of nitrogens with zero attached hydrogens (tertiary/aromatic N) is 1. The maximum atomic E-state index is 10.8. The van der Waals surface area contributed by atoms with E-state index < -0.39 is 34.0 Å². The molecule has 0 amide bonds. The molecule has 2 N–H and O–H groups in total. The van der Waals surface area contributed by atoms with Crippen LogP contribution in [0.15, 0.2) is 18.2 Å². The van der Waals surface area contributed by atoms with Gasteiger partial charge < -0.3 is 10.2 Å². The number of nitro groups is 1. The van der Waals surface area contributed by atoms with E-state index in [0.29, 0.717) is 0 Å². The number of hydrogen-bond donors (Lipinski definition) is 2. The number of carbonyl (C=O) groups is 2. The molecule has 1 aromatic carbocycles. The van der Waals surface area contributed by atoms with Crippen molar-refractivity contribution in [2.45, 2.75) is 5.92 Å². The molecule has 17 heavy (non-hydrogen) atoms. The molecule has 8 heteroatoms. The number of carboxylic acid groups (broad SMARTS) is 2. The first-order valence-corrected chi connectivity index (χ1v) is 4.62. The average Bonchev–Trinajstić information content (AvgIpc) is 2.19. The monoisotopic (exact) mass is 259 g/mol. The van der Waals surface area contributed by atoms with Crippen LogP contribution in [0.25, 0.3) is 0 Å². The van der Waals surface area contributed by atoms with Crippen LogP contribution in [0.5, 0.6) is 0 Å². The molecule has 0 bridgehead atoms. The van der Waals surface area contributed by atoms with E-state index in [2.05, 4.69) is 0 Å². The maximum Gasteiger partial charge on any atom is 0.322 e. The lowest BCUT2D eigenvalue weighted by molar-refractivity contribution is -0.385. The fourth-order valence-corrected chi connectivity index (χ4v) is 1.46. The Morgan fingerprint density at radius 1 is 1.29 bits per heavy atom. The van der Waals surface area contributed by atoms with Gasteiger partial charge in [0.05, 0.1) is 10.5 Å². The van der Waals surface area contributed by atoms with Crippen molar-refractivity contribution in [1.82, 2.24) is 0 Å². The topological polar surface area (TPSA) is 118 Å². The van der Waals surface area contributed by atoms with Gasteiger partial charge in [0.25, 0.3) is 5.69 Å². The quantitative estimate of drug-likeness (QED) is 0.480. The zero-order valence-electron chi connectivity index (χ0n) is 8.16. The maximum absolute atomic E-state index is 10.8. The Bertz CT molecular complexity index is 486. The summed E-state index contributed by atoms with van der Waals surface area (Å²) in [6.45, 7) is 0. The first kappa shape index (κ1) is 12.9. The molecule has 0 radical (unpaired) electrons. The first-order chi connectivity index (χ1) is 7.84. The molecule has 0 spiro atoms. The molecular formula is C9H6ClNO6. The number of halogens is 1. The minimum Gasteiger partial charge on any atom is -0.480 e. The lowest BCUT2D eigenvalue weighted by Gasteiger charge is -2.08. The van der Waals surface area contributed by atoms with Gasteiger partial charge in [-0.15, -0.1) is 0 Å². The molecule has 0 aromatic heterocycles. The second kappa shape index (κ2) is 4.79. The van der Waals surface area contributed by atoms with E-state index in [1.165, 1.54) is 6.07 Å². The van der Waals surface area contributed by atoms with Crippen LogP contribution in [-0.2, 0) is 9.59 Å². The van der Waals surface area contributed by atoms with Crippen molar-refractivity contribution >= 4 is 29.2 Å². The average molecular weight is 260 g/mol. The van der Waals surface area contributed by atoms with Crippen molar-refractivity contribution in [3.63, 3.8) is 0 Å². The van der Waals surface area contributed by atoms with Crippen molar-refractivity contribution in [2.75, 3.05) is 0 Å². The van der Waals surface area contributed by atoms with Crippen LogP contribution in [-0.4, -0.2) is 27.1 Å². The van der Waals surface area contributed by atoms with Gasteiger partial charge in [-0.2, -0.15) is 0 Å². The van der Waals surface area contributed by atoms with Gasteiger partial charge in [-0.3, -0.25) is 19.7 Å². The van der Waals surface area contributed by atoms with Gasteiger partial charge >= 0.3 is 11.9 Å². The summed E-state index contributed by atoms with van der Waals surface area (Å²) in [5.41, 5.74) is -1.05. The molecule has 0 fully saturated rings. The molecule has 7 nitrogen and oxygen atoms in total. The highest BCUT2D eigenvalue weighted by molar-refractivity contribution is 6.30. The van der Waals surface area contributed by atoms with Crippen LogP contribution >= 0.6 is 11.6 Å². The van der Waals surface area contributed by atoms with Crippen LogP contribution in [0, 0.1) is 10.1 Å². The first-order valence-electron chi connectivity index (χ1n) is 4.24. The molecule has 0 aliphatic carbocycles. The third-order valence-corrected chi connectivity index (χ3v) is 2.23. The predicted octanol–water partition coefficient (Wildman–Crippen LogP) is 1.50. The lowest BCUT2D eigenvalue weighted by Crippen LogP contribution is -2.22. The Balaban J connectivity index is 3.43. The zero-order chi connectivity index (χ0) is 13.2. The molecule has 0 atom stereocenters. The standard InChI is InChI=1S/C9H6ClNO6/c10-4-1-2-5(6(3-4)11(16)17)7(8(12)13)9(14)15/h1-3,7H,(H,12,13)(H,14,15). The van der Waals surface area contributed by atoms with Gasteiger partial charge in [-0.1, -0.05) is 11.6 Å². The van der Waals surface area contributed by atoms with Gasteiger partial charge in [0.1, 0.15) is 0 Å². The largest absolute Gasteiger partial charge is 0.480 e. The minimum absolute atomic E-state index is 0.0231. The number of hydrogen-bond acceptors (Lipinski definition) is 4. The van der Waals surface area contributed by atoms with Gasteiger partial charge in [0.2, 0.25) is 0 Å². The van der Waals surface area contributed by atoms with Crippen molar-refractivity contribution in [3.05, 3.63) is 38.9 Å². The molecule has 0 heterocycles. The second-order valence-corrected chi connectivity index (χ2v) is 3.51. The van der Waals surface area contributed by atoms with Crippen molar-refractivity contribution in [2.24, 2.45) is 0 Å². The summed E-state index contributed by atoms with van der Waals surface area (Å²) in [7, 11) is 0. The highest BCUT2D eigenvalue weighted by atomic mass is 35.5. The Morgan fingerprint density at radius 2 is 1.82 bits per heavy atom. The number of nitro benzene ring substituents is 1. The lowest BCUT2D eigenvalue weighted by atomic mass is 9.98. The molecule has 0 saturated heterocycles. The van der Waals surface area contributed by atoms with E-state index >= 15 is 0 Å². The molecule has 1 rings (SSSR count). The second-order valence-electron chi connectivity index (χ2n) is 3.07. The normalized spacial score (nSPS) is 10.2. The fraction of sp³-hybridized carbons (Fsp3) is 0.111. The van der Waals surface area contributed by atoms with E-state index in [4.69, 9.17) is 21.8 Å². The van der Waals surface area contributed by atoms with Crippen LogP contribution in [0.4, 0.5) is 5.69 Å². The summed E-state index contributed by atoms with van der Waals surface area (Å²) in [6.07, 6.45) is 0. The summed E-state index contributed by atoms with van der Waals surface area (Å²) in [6, 6.07) is 3.13. The fourth-order valence-electron chi connectivity index (χ4n) is 1.29. The highest BCUT2D eigenvalue weighted by Crippen LogP contribution is 2.29. The van der Waals surface area contributed by atoms with E-state index in [1.807, 2.05) is 0 Å². The SMILES string of the molecule is O=C(O)C(C(=O)O)c1ccc(Cl)cc1[N+](=O)[O-]. The third-order valence-electron chi connectivity index (χ3n) is 1.99. The smallest absolute Gasteiger partial charge is 0.322 e. The molecule has 0 saturated carbocycles. The molecule has 1 aromatic rings. The van der Waals surface area contributed by atoms with Crippen LogP contribution in [0.1, 0.15) is 11.5 Å².